The van der Waals surface area contributed by atoms with Gasteiger partial charge in [0.1, 0.15) is 11.5 Å². The van der Waals surface area contributed by atoms with Crippen LogP contribution in [0.1, 0.15) is 41.9 Å². The molecule has 2 fully saturated rings. The van der Waals surface area contributed by atoms with E-state index in [2.05, 4.69) is 16.9 Å². The molecule has 3 heterocycles. The lowest BCUT2D eigenvalue weighted by Gasteiger charge is -2.56. The highest BCUT2D eigenvalue weighted by atomic mass is 16.3. The molecule has 2 aromatic heterocycles. The zero-order valence-corrected chi connectivity index (χ0v) is 14.7. The summed E-state index contributed by atoms with van der Waals surface area (Å²) in [6.07, 6.45) is 8.10. The fraction of sp³-hybridized carbons (Fsp3) is 0.500. The lowest BCUT2D eigenvalue weighted by molar-refractivity contribution is -0.0590. The molecule has 1 saturated carbocycles. The van der Waals surface area contributed by atoms with Crippen LogP contribution < -0.4 is 0 Å². The lowest BCUT2D eigenvalue weighted by atomic mass is 9.58. The molecule has 1 amide bonds. The molecule has 0 radical (unpaired) electrons. The number of pyridine rings is 1. The highest BCUT2D eigenvalue weighted by Gasteiger charge is 2.50. The molecule has 0 unspecified atom stereocenters. The molecule has 5 nitrogen and oxygen atoms in total. The van der Waals surface area contributed by atoms with Gasteiger partial charge in [-0.1, -0.05) is 6.07 Å². The van der Waals surface area contributed by atoms with Gasteiger partial charge in [-0.05, 0) is 62.4 Å². The van der Waals surface area contributed by atoms with E-state index in [1.807, 2.05) is 29.2 Å². The van der Waals surface area contributed by atoms with Crippen molar-refractivity contribution in [2.24, 2.45) is 5.41 Å². The van der Waals surface area contributed by atoms with E-state index in [0.29, 0.717) is 17.2 Å². The van der Waals surface area contributed by atoms with Crippen LogP contribution in [0.2, 0.25) is 0 Å². The van der Waals surface area contributed by atoms with Gasteiger partial charge in [-0.2, -0.15) is 0 Å². The number of furan rings is 1. The smallest absolute Gasteiger partial charge is 0.272 e. The van der Waals surface area contributed by atoms with Crippen LogP contribution >= 0.6 is 0 Å². The quantitative estimate of drug-likeness (QED) is 0.858. The molecule has 1 aliphatic heterocycles. The van der Waals surface area contributed by atoms with Gasteiger partial charge in [0, 0.05) is 25.3 Å². The molecule has 132 valence electrons. The van der Waals surface area contributed by atoms with Crippen LogP contribution in [0, 0.1) is 5.41 Å². The summed E-state index contributed by atoms with van der Waals surface area (Å²) in [5.74, 6) is 1.09. The van der Waals surface area contributed by atoms with Crippen LogP contribution in [0.25, 0.3) is 0 Å². The third-order valence-corrected chi connectivity index (χ3v) is 6.07. The van der Waals surface area contributed by atoms with Gasteiger partial charge in [0.2, 0.25) is 0 Å². The summed E-state index contributed by atoms with van der Waals surface area (Å²) in [6, 6.07) is 10.1. The number of hydrogen-bond acceptors (Lipinski definition) is 4. The van der Waals surface area contributed by atoms with Crippen molar-refractivity contribution in [1.82, 2.24) is 14.8 Å². The monoisotopic (exact) mass is 339 g/mol. The first kappa shape index (κ1) is 16.3. The molecule has 0 bridgehead atoms. The van der Waals surface area contributed by atoms with Crippen LogP contribution in [-0.4, -0.2) is 46.9 Å². The van der Waals surface area contributed by atoms with E-state index < -0.39 is 0 Å². The normalized spacial score (nSPS) is 22.2. The van der Waals surface area contributed by atoms with E-state index in [-0.39, 0.29) is 5.91 Å². The second-order valence-electron chi connectivity index (χ2n) is 7.42. The molecule has 2 aliphatic rings. The van der Waals surface area contributed by atoms with Crippen molar-refractivity contribution >= 4 is 5.91 Å². The van der Waals surface area contributed by atoms with Crippen molar-refractivity contribution in [3.63, 3.8) is 0 Å². The minimum atomic E-state index is 0.0651. The lowest BCUT2D eigenvalue weighted by Crippen LogP contribution is -2.58. The van der Waals surface area contributed by atoms with Crippen molar-refractivity contribution in [3.8, 4) is 0 Å². The third kappa shape index (κ3) is 3.09. The fourth-order valence-electron chi connectivity index (χ4n) is 4.52. The van der Waals surface area contributed by atoms with Gasteiger partial charge in [-0.3, -0.25) is 14.7 Å². The van der Waals surface area contributed by atoms with Gasteiger partial charge in [-0.15, -0.1) is 0 Å². The molecular formula is C20H25N3O2. The molecule has 0 N–H and O–H groups in total. The Kier molecular flexibility index (Phi) is 4.34. The second-order valence-corrected chi connectivity index (χ2v) is 7.42. The largest absolute Gasteiger partial charge is 0.468 e. The molecule has 1 aliphatic carbocycles. The molecule has 1 atom stereocenters. The maximum atomic E-state index is 12.6. The number of nitrogens with zero attached hydrogens (tertiary/aromatic N) is 3. The van der Waals surface area contributed by atoms with E-state index in [4.69, 9.17) is 4.42 Å². The van der Waals surface area contributed by atoms with E-state index >= 15 is 0 Å². The Morgan fingerprint density at radius 2 is 2.12 bits per heavy atom. The highest BCUT2D eigenvalue weighted by molar-refractivity contribution is 5.92. The molecular weight excluding hydrogens is 314 g/mol. The SMILES string of the molecule is CN(Cc1ccco1)[C@H]1CCC12CCN(C(=O)c1ccccn1)CC2. The minimum Gasteiger partial charge on any atom is -0.468 e. The second kappa shape index (κ2) is 6.64. The van der Waals surface area contributed by atoms with Crippen molar-refractivity contribution in [2.75, 3.05) is 20.1 Å². The molecule has 2 aromatic rings. The Morgan fingerprint density at radius 3 is 2.72 bits per heavy atom. The van der Waals surface area contributed by atoms with E-state index in [9.17, 15) is 4.79 Å². The number of carbonyl (C=O) groups excluding carboxylic acids is 1. The molecule has 5 heteroatoms. The Hall–Kier alpha value is -2.14. The zero-order valence-electron chi connectivity index (χ0n) is 14.7. The number of amides is 1. The highest BCUT2D eigenvalue weighted by Crippen LogP contribution is 2.51. The predicted molar refractivity (Wildman–Crippen MR) is 95.0 cm³/mol. The van der Waals surface area contributed by atoms with Gasteiger partial charge < -0.3 is 9.32 Å². The topological polar surface area (TPSA) is 49.6 Å². The molecule has 25 heavy (non-hydrogen) atoms. The van der Waals surface area contributed by atoms with Crippen LogP contribution in [0.4, 0.5) is 0 Å². The Balaban J connectivity index is 1.37. The molecule has 4 rings (SSSR count). The van der Waals surface area contributed by atoms with Gasteiger partial charge >= 0.3 is 0 Å². The first-order valence-corrected chi connectivity index (χ1v) is 9.11. The number of aromatic nitrogens is 1. The van der Waals surface area contributed by atoms with Gasteiger partial charge in [0.15, 0.2) is 0 Å². The Labute approximate surface area is 148 Å². The summed E-state index contributed by atoms with van der Waals surface area (Å²) in [4.78, 5) is 21.2. The fourth-order valence-corrected chi connectivity index (χ4v) is 4.52. The summed E-state index contributed by atoms with van der Waals surface area (Å²) < 4.78 is 5.49. The van der Waals surface area contributed by atoms with Crippen molar-refractivity contribution in [3.05, 3.63) is 54.2 Å². The maximum Gasteiger partial charge on any atom is 0.272 e. The van der Waals surface area contributed by atoms with Gasteiger partial charge in [0.05, 0.1) is 12.8 Å². The van der Waals surface area contributed by atoms with Gasteiger partial charge in [-0.25, -0.2) is 0 Å². The number of hydrogen-bond donors (Lipinski definition) is 0. The third-order valence-electron chi connectivity index (χ3n) is 6.07. The standard InChI is InChI=1S/C20H25N3O2/c1-22(15-16-5-4-14-25-16)18-7-8-20(18)9-12-23(13-10-20)19(24)17-6-2-3-11-21-17/h2-6,11,14,18H,7-10,12-13,15H2,1H3/t18-/m0/s1. The summed E-state index contributed by atoms with van der Waals surface area (Å²) in [5.41, 5.74) is 0.918. The Morgan fingerprint density at radius 1 is 1.28 bits per heavy atom. The number of piperidine rings is 1. The van der Waals surface area contributed by atoms with Gasteiger partial charge in [0.25, 0.3) is 5.91 Å². The minimum absolute atomic E-state index is 0.0651. The van der Waals surface area contributed by atoms with E-state index in [0.717, 1.165) is 38.2 Å². The first-order chi connectivity index (χ1) is 12.2. The maximum absolute atomic E-state index is 12.6. The van der Waals surface area contributed by atoms with Crippen molar-refractivity contribution < 1.29 is 9.21 Å². The van der Waals surface area contributed by atoms with Crippen LogP contribution in [0.5, 0.6) is 0 Å². The number of rotatable bonds is 4. The average molecular weight is 339 g/mol. The van der Waals surface area contributed by atoms with Crippen molar-refractivity contribution in [1.29, 1.82) is 0 Å². The summed E-state index contributed by atoms with van der Waals surface area (Å²) in [5, 5.41) is 0. The molecule has 0 aromatic carbocycles. The Bertz CT molecular complexity index is 706. The number of likely N-dealkylation sites (tertiary alicyclic amines) is 1. The van der Waals surface area contributed by atoms with Crippen LogP contribution in [0.3, 0.4) is 0 Å². The predicted octanol–water partition coefficient (Wildman–Crippen LogP) is 3.19. The van der Waals surface area contributed by atoms with Crippen LogP contribution in [0.15, 0.2) is 47.2 Å². The first-order valence-electron chi connectivity index (χ1n) is 9.11. The van der Waals surface area contributed by atoms with Crippen molar-refractivity contribution in [2.45, 2.75) is 38.3 Å². The van der Waals surface area contributed by atoms with E-state index in [1.165, 1.54) is 12.8 Å². The summed E-state index contributed by atoms with van der Waals surface area (Å²) >= 11 is 0. The average Bonchev–Trinajstić information content (AvgIpc) is 3.14. The van der Waals surface area contributed by atoms with E-state index in [1.54, 1.807) is 18.5 Å². The molecule has 1 spiro atoms. The zero-order chi connectivity index (χ0) is 17.3. The summed E-state index contributed by atoms with van der Waals surface area (Å²) in [7, 11) is 2.19. The van der Waals surface area contributed by atoms with Crippen LogP contribution in [-0.2, 0) is 6.54 Å². The summed E-state index contributed by atoms with van der Waals surface area (Å²) in [6.45, 7) is 2.52. The number of carbonyl (C=O) groups is 1. The molecule has 1 saturated heterocycles.